The monoisotopic (exact) mass is 313 g/mol. The molecule has 0 aliphatic rings. The highest BCUT2D eigenvalue weighted by molar-refractivity contribution is 5.73. The van der Waals surface area contributed by atoms with Gasteiger partial charge in [-0.2, -0.15) is 0 Å². The molecule has 0 fully saturated rings. The number of pyridine rings is 1. The third kappa shape index (κ3) is 2.86. The maximum atomic E-state index is 13.1. The van der Waals surface area contributed by atoms with Crippen LogP contribution in [-0.4, -0.2) is 25.2 Å². The number of benzene rings is 1. The Morgan fingerprint density at radius 3 is 2.39 bits per heavy atom. The van der Waals surface area contributed by atoms with E-state index in [1.165, 1.54) is 28.8 Å². The lowest BCUT2D eigenvalue weighted by Gasteiger charge is -2.05. The van der Waals surface area contributed by atoms with Gasteiger partial charge in [0.25, 0.3) is 0 Å². The summed E-state index contributed by atoms with van der Waals surface area (Å²) in [6, 6.07) is 8.75. The van der Waals surface area contributed by atoms with Crippen LogP contribution in [0, 0.1) is 5.82 Å². The fourth-order valence-corrected chi connectivity index (χ4v) is 2.17. The fourth-order valence-electron chi connectivity index (χ4n) is 2.17. The van der Waals surface area contributed by atoms with Crippen molar-refractivity contribution in [2.75, 3.05) is 0 Å². The number of carbonyl (C=O) groups excluding carboxylic acids is 1. The van der Waals surface area contributed by atoms with Crippen molar-refractivity contribution in [3.63, 3.8) is 0 Å². The number of primary amides is 1. The number of nitrogens with zero attached hydrogens (tertiary/aromatic N) is 4. The predicted molar refractivity (Wildman–Crippen MR) is 80.2 cm³/mol. The molecule has 2 aromatic heterocycles. The van der Waals surface area contributed by atoms with Crippen LogP contribution in [0.25, 0.3) is 17.1 Å². The minimum absolute atomic E-state index is 0.310. The van der Waals surface area contributed by atoms with Gasteiger partial charge in [-0.1, -0.05) is 0 Å². The fraction of sp³-hybridized carbons (Fsp3) is 0.0667. The van der Waals surface area contributed by atoms with Crippen LogP contribution < -0.4 is 11.4 Å². The van der Waals surface area contributed by atoms with Crippen molar-refractivity contribution in [2.45, 2.75) is 6.54 Å². The average molecular weight is 313 g/mol. The highest BCUT2D eigenvalue weighted by Crippen LogP contribution is 2.18. The lowest BCUT2D eigenvalue weighted by atomic mass is 10.2. The Balaban J connectivity index is 2.23. The highest BCUT2D eigenvalue weighted by Gasteiger charge is 2.17. The number of rotatable bonds is 4. The number of halogens is 1. The molecule has 0 radical (unpaired) electrons. The molecule has 0 aliphatic heterocycles. The van der Waals surface area contributed by atoms with Crippen molar-refractivity contribution >= 4 is 5.91 Å². The zero-order valence-corrected chi connectivity index (χ0v) is 11.9. The second-order valence-corrected chi connectivity index (χ2v) is 4.78. The lowest BCUT2D eigenvalue weighted by molar-refractivity contribution is -0.118. The largest absolute Gasteiger partial charge is 0.368 e. The van der Waals surface area contributed by atoms with Crippen molar-refractivity contribution in [2.24, 2.45) is 5.73 Å². The summed E-state index contributed by atoms with van der Waals surface area (Å²) in [4.78, 5) is 27.6. The van der Waals surface area contributed by atoms with E-state index in [0.29, 0.717) is 17.1 Å². The molecule has 1 amide bonds. The van der Waals surface area contributed by atoms with E-state index in [4.69, 9.17) is 5.73 Å². The Morgan fingerprint density at radius 2 is 1.78 bits per heavy atom. The molecule has 3 aromatic rings. The molecule has 0 saturated heterocycles. The van der Waals surface area contributed by atoms with Crippen LogP contribution in [0.1, 0.15) is 0 Å². The van der Waals surface area contributed by atoms with Crippen LogP contribution in [0.3, 0.4) is 0 Å². The second kappa shape index (κ2) is 5.84. The standard InChI is InChI=1S/C15H12FN5O2/c16-11-1-3-12(4-2-11)21-14(10-5-7-18-8-6-10)19-20(15(21)23)9-13(17)22/h1-8H,9H2,(H2,17,22). The van der Waals surface area contributed by atoms with Gasteiger partial charge in [0.15, 0.2) is 5.82 Å². The van der Waals surface area contributed by atoms with Crippen molar-refractivity contribution in [3.8, 4) is 17.1 Å². The number of hydrogen-bond acceptors (Lipinski definition) is 4. The van der Waals surface area contributed by atoms with E-state index >= 15 is 0 Å². The number of hydrogen-bond donors (Lipinski definition) is 1. The summed E-state index contributed by atoms with van der Waals surface area (Å²) < 4.78 is 15.4. The zero-order chi connectivity index (χ0) is 16.4. The summed E-state index contributed by atoms with van der Waals surface area (Å²) in [5, 5.41) is 4.16. The first kappa shape index (κ1) is 14.6. The van der Waals surface area contributed by atoms with E-state index in [0.717, 1.165) is 4.68 Å². The van der Waals surface area contributed by atoms with Gasteiger partial charge in [-0.15, -0.1) is 5.10 Å². The van der Waals surface area contributed by atoms with Gasteiger partial charge in [0.05, 0.1) is 5.69 Å². The van der Waals surface area contributed by atoms with Crippen molar-refractivity contribution in [3.05, 3.63) is 65.1 Å². The van der Waals surface area contributed by atoms with Crippen LogP contribution >= 0.6 is 0 Å². The van der Waals surface area contributed by atoms with Gasteiger partial charge in [0.2, 0.25) is 5.91 Å². The van der Waals surface area contributed by atoms with Gasteiger partial charge in [-0.05, 0) is 36.4 Å². The van der Waals surface area contributed by atoms with E-state index in [-0.39, 0.29) is 6.54 Å². The molecule has 0 spiro atoms. The Kier molecular flexibility index (Phi) is 3.71. The molecule has 116 valence electrons. The van der Waals surface area contributed by atoms with Gasteiger partial charge < -0.3 is 5.73 Å². The molecule has 8 heteroatoms. The predicted octanol–water partition coefficient (Wildman–Crippen LogP) is 0.720. The van der Waals surface area contributed by atoms with Crippen molar-refractivity contribution in [1.82, 2.24) is 19.3 Å². The molecule has 0 saturated carbocycles. The summed E-state index contributed by atoms with van der Waals surface area (Å²) >= 11 is 0. The summed E-state index contributed by atoms with van der Waals surface area (Å²) in [5.41, 5.74) is 5.66. The smallest absolute Gasteiger partial charge is 0.351 e. The molecule has 1 aromatic carbocycles. The van der Waals surface area contributed by atoms with E-state index in [2.05, 4.69) is 10.1 Å². The number of nitrogens with two attached hydrogens (primary N) is 1. The van der Waals surface area contributed by atoms with Crippen LogP contribution in [-0.2, 0) is 11.3 Å². The molecule has 0 unspecified atom stereocenters. The third-order valence-electron chi connectivity index (χ3n) is 3.17. The maximum Gasteiger partial charge on any atom is 0.351 e. The molecule has 0 aliphatic carbocycles. The SMILES string of the molecule is NC(=O)Cn1nc(-c2ccncc2)n(-c2ccc(F)cc2)c1=O. The summed E-state index contributed by atoms with van der Waals surface area (Å²) in [6.07, 6.45) is 3.11. The number of amides is 1. The van der Waals surface area contributed by atoms with E-state index in [9.17, 15) is 14.0 Å². The Hall–Kier alpha value is -3.29. The van der Waals surface area contributed by atoms with E-state index in [1.54, 1.807) is 24.5 Å². The van der Waals surface area contributed by atoms with Crippen LogP contribution in [0.2, 0.25) is 0 Å². The Labute approximate surface area is 129 Å². The third-order valence-corrected chi connectivity index (χ3v) is 3.17. The van der Waals surface area contributed by atoms with Crippen molar-refractivity contribution < 1.29 is 9.18 Å². The average Bonchev–Trinajstić information content (AvgIpc) is 2.85. The van der Waals surface area contributed by atoms with E-state index < -0.39 is 17.4 Å². The number of carbonyl (C=O) groups is 1. The molecule has 7 nitrogen and oxygen atoms in total. The molecule has 3 rings (SSSR count). The van der Waals surface area contributed by atoms with Crippen LogP contribution in [0.5, 0.6) is 0 Å². The topological polar surface area (TPSA) is 95.8 Å². The first-order chi connectivity index (χ1) is 11.1. The highest BCUT2D eigenvalue weighted by atomic mass is 19.1. The molecular formula is C15H12FN5O2. The summed E-state index contributed by atoms with van der Waals surface area (Å²) in [5.74, 6) is -0.792. The molecule has 2 heterocycles. The first-order valence-electron chi connectivity index (χ1n) is 6.71. The molecule has 23 heavy (non-hydrogen) atoms. The van der Waals surface area contributed by atoms with Gasteiger partial charge in [0, 0.05) is 18.0 Å². The zero-order valence-electron chi connectivity index (χ0n) is 11.9. The quantitative estimate of drug-likeness (QED) is 0.767. The molecule has 2 N–H and O–H groups in total. The second-order valence-electron chi connectivity index (χ2n) is 4.78. The Bertz CT molecular complexity index is 900. The summed E-state index contributed by atoms with van der Waals surface area (Å²) in [7, 11) is 0. The minimum Gasteiger partial charge on any atom is -0.368 e. The molecular weight excluding hydrogens is 301 g/mol. The normalized spacial score (nSPS) is 10.7. The van der Waals surface area contributed by atoms with E-state index in [1.807, 2.05) is 0 Å². The summed E-state index contributed by atoms with van der Waals surface area (Å²) in [6.45, 7) is -0.342. The number of aromatic nitrogens is 4. The van der Waals surface area contributed by atoms with Crippen LogP contribution in [0.4, 0.5) is 4.39 Å². The molecule has 0 bridgehead atoms. The van der Waals surface area contributed by atoms with Gasteiger partial charge in [0.1, 0.15) is 12.4 Å². The first-order valence-corrected chi connectivity index (χ1v) is 6.71. The maximum absolute atomic E-state index is 13.1. The van der Waals surface area contributed by atoms with Crippen molar-refractivity contribution in [1.29, 1.82) is 0 Å². The minimum atomic E-state index is -0.683. The Morgan fingerprint density at radius 1 is 1.13 bits per heavy atom. The van der Waals surface area contributed by atoms with Gasteiger partial charge >= 0.3 is 5.69 Å². The lowest BCUT2D eigenvalue weighted by Crippen LogP contribution is -2.29. The molecule has 0 atom stereocenters. The van der Waals surface area contributed by atoms with Crippen LogP contribution in [0.15, 0.2) is 53.6 Å². The van der Waals surface area contributed by atoms with Gasteiger partial charge in [-0.25, -0.2) is 18.4 Å². The van der Waals surface area contributed by atoms with Gasteiger partial charge in [-0.3, -0.25) is 9.78 Å².